The second kappa shape index (κ2) is 5.97. The molecule has 1 aromatic heterocycles. The van der Waals surface area contributed by atoms with Crippen LogP contribution < -0.4 is 5.32 Å². The largest absolute Gasteiger partial charge is 0.478 e. The van der Waals surface area contributed by atoms with E-state index in [1.807, 2.05) is 31.2 Å². The standard InChI is InChI=1S/C15H14N2O3/c1-10-4-2-3-5-11(10)8-14(18)17-13-9-16-7-6-12(13)15(19)20/h2-7,9H,8H2,1H3,(H,17,18)(H,19,20). The van der Waals surface area contributed by atoms with Crippen molar-refractivity contribution in [1.29, 1.82) is 0 Å². The average Bonchev–Trinajstić information content (AvgIpc) is 2.41. The Morgan fingerprint density at radius 1 is 1.25 bits per heavy atom. The third kappa shape index (κ3) is 3.20. The first-order valence-corrected chi connectivity index (χ1v) is 6.09. The van der Waals surface area contributed by atoms with E-state index in [-0.39, 0.29) is 23.6 Å². The number of aromatic carboxylic acids is 1. The lowest BCUT2D eigenvalue weighted by Gasteiger charge is -2.09. The van der Waals surface area contributed by atoms with Crippen LogP contribution in [0.3, 0.4) is 0 Å². The highest BCUT2D eigenvalue weighted by Crippen LogP contribution is 2.14. The van der Waals surface area contributed by atoms with Crippen molar-refractivity contribution in [2.24, 2.45) is 0 Å². The molecule has 0 bridgehead atoms. The lowest BCUT2D eigenvalue weighted by Crippen LogP contribution is -2.17. The van der Waals surface area contributed by atoms with Crippen LogP contribution in [0.5, 0.6) is 0 Å². The van der Waals surface area contributed by atoms with E-state index < -0.39 is 5.97 Å². The first-order valence-electron chi connectivity index (χ1n) is 6.09. The van der Waals surface area contributed by atoms with Crippen LogP contribution in [0.2, 0.25) is 0 Å². The quantitative estimate of drug-likeness (QED) is 0.893. The number of nitrogens with one attached hydrogen (secondary N) is 1. The fraction of sp³-hybridized carbons (Fsp3) is 0.133. The first kappa shape index (κ1) is 13.7. The molecular weight excluding hydrogens is 256 g/mol. The zero-order chi connectivity index (χ0) is 14.5. The van der Waals surface area contributed by atoms with Gasteiger partial charge in [-0.1, -0.05) is 24.3 Å². The van der Waals surface area contributed by atoms with E-state index >= 15 is 0 Å². The predicted molar refractivity (Wildman–Crippen MR) is 74.7 cm³/mol. The molecule has 102 valence electrons. The number of hydrogen-bond donors (Lipinski definition) is 2. The van der Waals surface area contributed by atoms with Crippen LogP contribution in [0.4, 0.5) is 5.69 Å². The highest BCUT2D eigenvalue weighted by Gasteiger charge is 2.13. The SMILES string of the molecule is Cc1ccccc1CC(=O)Nc1cnccc1C(=O)O. The summed E-state index contributed by atoms with van der Waals surface area (Å²) in [4.78, 5) is 26.8. The Kier molecular flexibility index (Phi) is 4.10. The molecule has 0 saturated heterocycles. The van der Waals surface area contributed by atoms with Crippen molar-refractivity contribution in [3.63, 3.8) is 0 Å². The van der Waals surface area contributed by atoms with E-state index in [1.165, 1.54) is 18.5 Å². The molecule has 2 rings (SSSR count). The molecule has 0 aliphatic rings. The number of anilines is 1. The summed E-state index contributed by atoms with van der Waals surface area (Å²) in [7, 11) is 0. The molecule has 0 saturated carbocycles. The molecule has 5 nitrogen and oxygen atoms in total. The van der Waals surface area contributed by atoms with Gasteiger partial charge in [0.2, 0.25) is 5.91 Å². The summed E-state index contributed by atoms with van der Waals surface area (Å²) in [6.07, 6.45) is 2.90. The Morgan fingerprint density at radius 2 is 2.00 bits per heavy atom. The van der Waals surface area contributed by atoms with Crippen LogP contribution in [-0.2, 0) is 11.2 Å². The van der Waals surface area contributed by atoms with Crippen molar-refractivity contribution in [3.8, 4) is 0 Å². The number of amides is 1. The molecule has 0 aliphatic heterocycles. The van der Waals surface area contributed by atoms with E-state index in [0.717, 1.165) is 11.1 Å². The first-order chi connectivity index (χ1) is 9.58. The van der Waals surface area contributed by atoms with Gasteiger partial charge in [-0.05, 0) is 24.1 Å². The van der Waals surface area contributed by atoms with E-state index in [2.05, 4.69) is 10.3 Å². The lowest BCUT2D eigenvalue weighted by molar-refractivity contribution is -0.115. The summed E-state index contributed by atoms with van der Waals surface area (Å²) in [5.74, 6) is -1.37. The third-order valence-corrected chi connectivity index (χ3v) is 2.94. The molecule has 0 atom stereocenters. The molecule has 2 N–H and O–H groups in total. The van der Waals surface area contributed by atoms with Crippen molar-refractivity contribution in [2.45, 2.75) is 13.3 Å². The third-order valence-electron chi connectivity index (χ3n) is 2.94. The van der Waals surface area contributed by atoms with Gasteiger partial charge < -0.3 is 10.4 Å². The molecule has 0 unspecified atom stereocenters. The summed E-state index contributed by atoms with van der Waals surface area (Å²) >= 11 is 0. The zero-order valence-corrected chi connectivity index (χ0v) is 11.0. The molecule has 1 heterocycles. The maximum atomic E-state index is 12.0. The molecule has 0 aliphatic carbocycles. The van der Waals surface area contributed by atoms with Crippen molar-refractivity contribution < 1.29 is 14.7 Å². The number of aryl methyl sites for hydroxylation is 1. The van der Waals surface area contributed by atoms with Crippen LogP contribution >= 0.6 is 0 Å². The Balaban J connectivity index is 2.13. The minimum Gasteiger partial charge on any atom is -0.478 e. The Hall–Kier alpha value is -2.69. The lowest BCUT2D eigenvalue weighted by atomic mass is 10.1. The highest BCUT2D eigenvalue weighted by molar-refractivity contribution is 6.00. The van der Waals surface area contributed by atoms with Crippen LogP contribution in [0.1, 0.15) is 21.5 Å². The Bertz CT molecular complexity index is 653. The van der Waals surface area contributed by atoms with Gasteiger partial charge in [0.05, 0.1) is 23.9 Å². The summed E-state index contributed by atoms with van der Waals surface area (Å²) in [6.45, 7) is 1.93. The molecule has 1 aromatic carbocycles. The van der Waals surface area contributed by atoms with Gasteiger partial charge in [0.1, 0.15) is 0 Å². The summed E-state index contributed by atoms with van der Waals surface area (Å²) in [5.41, 5.74) is 2.16. The molecule has 5 heteroatoms. The van der Waals surface area contributed by atoms with Crippen LogP contribution in [-0.4, -0.2) is 22.0 Å². The van der Waals surface area contributed by atoms with Crippen LogP contribution in [0, 0.1) is 6.92 Å². The number of carboxylic acids is 1. The van der Waals surface area contributed by atoms with Crippen molar-refractivity contribution >= 4 is 17.6 Å². The maximum absolute atomic E-state index is 12.0. The average molecular weight is 270 g/mol. The number of carbonyl (C=O) groups excluding carboxylic acids is 1. The number of hydrogen-bond acceptors (Lipinski definition) is 3. The second-order valence-corrected chi connectivity index (χ2v) is 4.38. The number of pyridine rings is 1. The number of rotatable bonds is 4. The molecular formula is C15H14N2O3. The number of aromatic nitrogens is 1. The van der Waals surface area contributed by atoms with Crippen molar-refractivity contribution in [1.82, 2.24) is 4.98 Å². The van der Waals surface area contributed by atoms with Gasteiger partial charge in [0, 0.05) is 6.20 Å². The predicted octanol–water partition coefficient (Wildman–Crippen LogP) is 2.27. The van der Waals surface area contributed by atoms with Crippen LogP contribution in [0.25, 0.3) is 0 Å². The van der Waals surface area contributed by atoms with Gasteiger partial charge in [-0.25, -0.2) is 4.79 Å². The number of carbonyl (C=O) groups is 2. The summed E-state index contributed by atoms with van der Waals surface area (Å²) in [5, 5.41) is 11.6. The van der Waals surface area contributed by atoms with Crippen LogP contribution in [0.15, 0.2) is 42.7 Å². The summed E-state index contributed by atoms with van der Waals surface area (Å²) in [6, 6.07) is 8.92. The number of carboxylic acid groups (broad SMARTS) is 1. The number of nitrogens with zero attached hydrogens (tertiary/aromatic N) is 1. The van der Waals surface area contributed by atoms with E-state index in [0.29, 0.717) is 0 Å². The highest BCUT2D eigenvalue weighted by atomic mass is 16.4. The molecule has 0 radical (unpaired) electrons. The Morgan fingerprint density at radius 3 is 2.70 bits per heavy atom. The van der Waals surface area contributed by atoms with E-state index in [4.69, 9.17) is 5.11 Å². The van der Waals surface area contributed by atoms with E-state index in [1.54, 1.807) is 0 Å². The minimum absolute atomic E-state index is 0.0260. The van der Waals surface area contributed by atoms with Gasteiger partial charge >= 0.3 is 5.97 Å². The normalized spacial score (nSPS) is 10.1. The molecule has 20 heavy (non-hydrogen) atoms. The van der Waals surface area contributed by atoms with E-state index in [9.17, 15) is 9.59 Å². The maximum Gasteiger partial charge on any atom is 0.337 e. The van der Waals surface area contributed by atoms with Gasteiger partial charge in [-0.3, -0.25) is 9.78 Å². The fourth-order valence-electron chi connectivity index (χ4n) is 1.86. The topological polar surface area (TPSA) is 79.3 Å². The smallest absolute Gasteiger partial charge is 0.337 e. The second-order valence-electron chi connectivity index (χ2n) is 4.38. The zero-order valence-electron chi connectivity index (χ0n) is 11.0. The fourth-order valence-corrected chi connectivity index (χ4v) is 1.86. The summed E-state index contributed by atoms with van der Waals surface area (Å²) < 4.78 is 0. The monoisotopic (exact) mass is 270 g/mol. The molecule has 1 amide bonds. The van der Waals surface area contributed by atoms with Gasteiger partial charge in [-0.2, -0.15) is 0 Å². The minimum atomic E-state index is -1.10. The molecule has 0 spiro atoms. The van der Waals surface area contributed by atoms with Gasteiger partial charge in [-0.15, -0.1) is 0 Å². The van der Waals surface area contributed by atoms with Gasteiger partial charge in [0.25, 0.3) is 0 Å². The number of benzene rings is 1. The Labute approximate surface area is 116 Å². The van der Waals surface area contributed by atoms with Crippen molar-refractivity contribution in [3.05, 3.63) is 59.4 Å². The molecule has 2 aromatic rings. The van der Waals surface area contributed by atoms with Gasteiger partial charge in [0.15, 0.2) is 0 Å². The molecule has 0 fully saturated rings. The van der Waals surface area contributed by atoms with Crippen molar-refractivity contribution in [2.75, 3.05) is 5.32 Å².